The van der Waals surface area contributed by atoms with E-state index in [2.05, 4.69) is 20.9 Å². The molecule has 2 rings (SSSR count). The molecule has 0 aliphatic rings. The highest BCUT2D eigenvalue weighted by molar-refractivity contribution is 9.10. The summed E-state index contributed by atoms with van der Waals surface area (Å²) in [5.74, 6) is -1.08. The van der Waals surface area contributed by atoms with Crippen molar-refractivity contribution in [3.05, 3.63) is 62.8 Å². The number of pyridine rings is 1. The fourth-order valence-electron chi connectivity index (χ4n) is 1.51. The molecule has 6 heteroatoms. The molecule has 2 aromatic rings. The van der Waals surface area contributed by atoms with Crippen molar-refractivity contribution in [2.75, 3.05) is 0 Å². The van der Waals surface area contributed by atoms with Crippen LogP contribution >= 0.6 is 27.5 Å². The number of hydrogen-bond donors (Lipinski definition) is 1. The van der Waals surface area contributed by atoms with Crippen LogP contribution in [-0.2, 0) is 0 Å². The molecule has 1 aromatic heterocycles. The number of hydrogen-bond acceptors (Lipinski definition) is 2. The summed E-state index contributed by atoms with van der Waals surface area (Å²) in [6, 6.07) is 4.96. The average Bonchev–Trinajstić information content (AvgIpc) is 2.36. The number of halogens is 4. The summed E-state index contributed by atoms with van der Waals surface area (Å²) in [6.07, 6.45) is 1.04. The number of aromatic nitrogens is 1. The van der Waals surface area contributed by atoms with Crippen LogP contribution < -0.4 is 5.73 Å². The van der Waals surface area contributed by atoms with E-state index in [0.717, 1.165) is 6.20 Å². The largest absolute Gasteiger partial charge is 0.319 e. The van der Waals surface area contributed by atoms with Crippen LogP contribution in [0.3, 0.4) is 0 Å². The van der Waals surface area contributed by atoms with Crippen LogP contribution in [0, 0.1) is 11.6 Å². The topological polar surface area (TPSA) is 38.9 Å². The molecule has 0 spiro atoms. The van der Waals surface area contributed by atoms with E-state index >= 15 is 0 Å². The number of rotatable bonds is 2. The van der Waals surface area contributed by atoms with Gasteiger partial charge in [0.05, 0.1) is 23.0 Å². The molecule has 94 valence electrons. The fraction of sp³-hybridized carbons (Fsp3) is 0.0833. The maximum atomic E-state index is 13.9. The second-order valence-electron chi connectivity index (χ2n) is 3.64. The van der Waals surface area contributed by atoms with Gasteiger partial charge in [-0.25, -0.2) is 8.78 Å². The lowest BCUT2D eigenvalue weighted by Gasteiger charge is -2.13. The van der Waals surface area contributed by atoms with Gasteiger partial charge < -0.3 is 5.73 Å². The Balaban J connectivity index is 2.43. The smallest absolute Gasteiger partial charge is 0.148 e. The number of nitrogens with two attached hydrogens (primary N) is 1. The van der Waals surface area contributed by atoms with Crippen molar-refractivity contribution in [3.8, 4) is 0 Å². The van der Waals surface area contributed by atoms with Gasteiger partial charge in [0, 0.05) is 10.0 Å². The second kappa shape index (κ2) is 5.30. The van der Waals surface area contributed by atoms with E-state index in [-0.39, 0.29) is 10.6 Å². The third kappa shape index (κ3) is 2.53. The summed E-state index contributed by atoms with van der Waals surface area (Å²) in [7, 11) is 0. The van der Waals surface area contributed by atoms with Gasteiger partial charge in [-0.3, -0.25) is 4.98 Å². The van der Waals surface area contributed by atoms with Crippen molar-refractivity contribution in [1.29, 1.82) is 0 Å². The van der Waals surface area contributed by atoms with Crippen LogP contribution in [0.5, 0.6) is 0 Å². The first-order valence-corrected chi connectivity index (χ1v) is 6.18. The fourth-order valence-corrected chi connectivity index (χ4v) is 1.99. The van der Waals surface area contributed by atoms with Gasteiger partial charge in [0.25, 0.3) is 0 Å². The Bertz CT molecular complexity index is 575. The lowest BCUT2D eigenvalue weighted by atomic mass is 10.0. The molecule has 1 aromatic carbocycles. The predicted octanol–water partition coefficient (Wildman–Crippen LogP) is 3.82. The van der Waals surface area contributed by atoms with Gasteiger partial charge >= 0.3 is 0 Å². The molecule has 1 atom stereocenters. The molecule has 18 heavy (non-hydrogen) atoms. The SMILES string of the molecule is NC(c1ccc(F)cn1)c1ccc(Br)c(Cl)c1F. The van der Waals surface area contributed by atoms with Crippen LogP contribution in [0.4, 0.5) is 8.78 Å². The van der Waals surface area contributed by atoms with Gasteiger partial charge in [0.1, 0.15) is 11.6 Å². The predicted molar refractivity (Wildman–Crippen MR) is 69.3 cm³/mol. The summed E-state index contributed by atoms with van der Waals surface area (Å²) < 4.78 is 27.1. The Morgan fingerprint density at radius 3 is 2.56 bits per heavy atom. The first-order chi connectivity index (χ1) is 8.50. The summed E-state index contributed by atoms with van der Waals surface area (Å²) >= 11 is 8.90. The molecule has 1 heterocycles. The molecular formula is C12H8BrClF2N2. The highest BCUT2D eigenvalue weighted by Crippen LogP contribution is 2.31. The molecule has 0 amide bonds. The van der Waals surface area contributed by atoms with Crippen LogP contribution in [0.2, 0.25) is 5.02 Å². The van der Waals surface area contributed by atoms with Gasteiger partial charge in [-0.05, 0) is 34.1 Å². The van der Waals surface area contributed by atoms with E-state index in [9.17, 15) is 8.78 Å². The third-order valence-corrected chi connectivity index (χ3v) is 3.73. The Morgan fingerprint density at radius 2 is 1.94 bits per heavy atom. The molecule has 0 fully saturated rings. The number of nitrogens with zero attached hydrogens (tertiary/aromatic N) is 1. The molecule has 2 nitrogen and oxygen atoms in total. The first-order valence-electron chi connectivity index (χ1n) is 5.01. The highest BCUT2D eigenvalue weighted by atomic mass is 79.9. The van der Waals surface area contributed by atoms with Gasteiger partial charge in [-0.1, -0.05) is 17.7 Å². The summed E-state index contributed by atoms with van der Waals surface area (Å²) in [6.45, 7) is 0. The Morgan fingerprint density at radius 1 is 1.22 bits per heavy atom. The zero-order chi connectivity index (χ0) is 13.3. The standard InChI is InChI=1S/C12H8BrClF2N2/c13-8-3-2-7(11(16)10(8)14)12(17)9-4-1-6(15)5-18-9/h1-5,12H,17H2. The van der Waals surface area contributed by atoms with E-state index in [1.54, 1.807) is 6.07 Å². The molecule has 0 saturated carbocycles. The Labute approximate surface area is 116 Å². The average molecular weight is 334 g/mol. The van der Waals surface area contributed by atoms with Crippen molar-refractivity contribution in [2.45, 2.75) is 6.04 Å². The minimum absolute atomic E-state index is 0.0370. The minimum atomic E-state index is -0.795. The quantitative estimate of drug-likeness (QED) is 0.849. The monoisotopic (exact) mass is 332 g/mol. The maximum absolute atomic E-state index is 13.9. The summed E-state index contributed by atoms with van der Waals surface area (Å²) in [4.78, 5) is 3.83. The van der Waals surface area contributed by atoms with Gasteiger partial charge in [-0.15, -0.1) is 0 Å². The second-order valence-corrected chi connectivity index (χ2v) is 4.88. The van der Waals surface area contributed by atoms with Gasteiger partial charge in [0.2, 0.25) is 0 Å². The maximum Gasteiger partial charge on any atom is 0.148 e. The van der Waals surface area contributed by atoms with Gasteiger partial charge in [-0.2, -0.15) is 0 Å². The normalized spacial score (nSPS) is 12.5. The zero-order valence-electron chi connectivity index (χ0n) is 9.00. The third-order valence-electron chi connectivity index (χ3n) is 2.47. The summed E-state index contributed by atoms with van der Waals surface area (Å²) in [5.41, 5.74) is 6.47. The molecule has 0 aliphatic carbocycles. The molecule has 0 bridgehead atoms. The Kier molecular flexibility index (Phi) is 3.94. The van der Waals surface area contributed by atoms with Crippen molar-refractivity contribution in [3.63, 3.8) is 0 Å². The van der Waals surface area contributed by atoms with E-state index < -0.39 is 17.7 Å². The van der Waals surface area contributed by atoms with Gasteiger partial charge in [0.15, 0.2) is 0 Å². The first kappa shape index (κ1) is 13.4. The molecule has 0 saturated heterocycles. The highest BCUT2D eigenvalue weighted by Gasteiger charge is 2.18. The van der Waals surface area contributed by atoms with Crippen LogP contribution in [-0.4, -0.2) is 4.98 Å². The summed E-state index contributed by atoms with van der Waals surface area (Å²) in [5, 5.41) is -0.0370. The van der Waals surface area contributed by atoms with Crippen molar-refractivity contribution < 1.29 is 8.78 Å². The van der Waals surface area contributed by atoms with Crippen molar-refractivity contribution in [1.82, 2.24) is 4.98 Å². The van der Waals surface area contributed by atoms with Crippen molar-refractivity contribution >= 4 is 27.5 Å². The lowest BCUT2D eigenvalue weighted by Crippen LogP contribution is -2.15. The zero-order valence-corrected chi connectivity index (χ0v) is 11.3. The molecule has 1 unspecified atom stereocenters. The number of benzene rings is 1. The molecule has 2 N–H and O–H groups in total. The van der Waals surface area contributed by atoms with Crippen LogP contribution in [0.25, 0.3) is 0 Å². The molecule has 0 aliphatic heterocycles. The van der Waals surface area contributed by atoms with E-state index in [1.165, 1.54) is 18.2 Å². The molecular weight excluding hydrogens is 325 g/mol. The minimum Gasteiger partial charge on any atom is -0.319 e. The Hall–Kier alpha value is -1.04. The van der Waals surface area contributed by atoms with Crippen molar-refractivity contribution in [2.24, 2.45) is 5.73 Å². The molecule has 0 radical (unpaired) electrons. The van der Waals surface area contributed by atoms with Crippen LogP contribution in [0.1, 0.15) is 17.3 Å². The lowest BCUT2D eigenvalue weighted by molar-refractivity contribution is 0.593. The van der Waals surface area contributed by atoms with Crippen LogP contribution in [0.15, 0.2) is 34.9 Å². The van der Waals surface area contributed by atoms with E-state index in [0.29, 0.717) is 10.2 Å². The van der Waals surface area contributed by atoms with E-state index in [4.69, 9.17) is 17.3 Å². The van der Waals surface area contributed by atoms with E-state index in [1.807, 2.05) is 0 Å².